The van der Waals surface area contributed by atoms with E-state index in [9.17, 15) is 18.0 Å². The molecule has 0 unspecified atom stereocenters. The minimum absolute atomic E-state index is 0.0509. The molecule has 0 aliphatic heterocycles. The van der Waals surface area contributed by atoms with Gasteiger partial charge in [0.15, 0.2) is 5.16 Å². The lowest BCUT2D eigenvalue weighted by Gasteiger charge is -2.10. The fourth-order valence-corrected chi connectivity index (χ4v) is 5.04. The number of aromatic nitrogens is 3. The third-order valence-electron chi connectivity index (χ3n) is 4.85. The molecule has 0 bridgehead atoms. The Balaban J connectivity index is 1.34. The summed E-state index contributed by atoms with van der Waals surface area (Å²) in [6, 6.07) is 17.9. The lowest BCUT2D eigenvalue weighted by atomic mass is 10.2. The summed E-state index contributed by atoms with van der Waals surface area (Å²) in [5.41, 5.74) is 0.957. The maximum atomic E-state index is 12.5. The van der Waals surface area contributed by atoms with E-state index >= 15 is 0 Å². The Hall–Kier alpha value is -3.70. The van der Waals surface area contributed by atoms with Gasteiger partial charge in [0.1, 0.15) is 5.82 Å². The van der Waals surface area contributed by atoms with Crippen LogP contribution in [0.15, 0.2) is 87.8 Å². The van der Waals surface area contributed by atoms with Crippen molar-refractivity contribution in [2.24, 2.45) is 7.05 Å². The van der Waals surface area contributed by atoms with E-state index in [1.54, 1.807) is 43.4 Å². The monoisotopic (exact) mass is 495 g/mol. The van der Waals surface area contributed by atoms with E-state index in [2.05, 4.69) is 20.0 Å². The number of amides is 1. The number of hydrogen-bond acceptors (Lipinski definition) is 7. The summed E-state index contributed by atoms with van der Waals surface area (Å²) in [4.78, 5) is 33.3. The van der Waals surface area contributed by atoms with Gasteiger partial charge in [-0.05, 0) is 48.5 Å². The largest absolute Gasteiger partial charge is 0.326 e. The molecular weight excluding hydrogens is 474 g/mol. The molecule has 4 aromatic rings. The lowest BCUT2D eigenvalue weighted by molar-refractivity contribution is -0.115. The maximum absolute atomic E-state index is 12.5. The number of carbonyl (C=O) groups is 1. The van der Waals surface area contributed by atoms with Crippen molar-refractivity contribution in [1.82, 2.24) is 14.5 Å². The highest BCUT2D eigenvalue weighted by atomic mass is 32.2. The highest BCUT2D eigenvalue weighted by Crippen LogP contribution is 2.19. The SMILES string of the molecule is Cn1c(SCCC(=O)Nc2ccc(S(=O)(=O)Nc3ccccn3)cc2)nc2ccccc2c1=O. The van der Waals surface area contributed by atoms with Gasteiger partial charge < -0.3 is 5.32 Å². The number of hydrogen-bond donors (Lipinski definition) is 2. The highest BCUT2D eigenvalue weighted by molar-refractivity contribution is 7.99. The summed E-state index contributed by atoms with van der Waals surface area (Å²) in [6.07, 6.45) is 1.68. The molecule has 2 aromatic heterocycles. The molecular formula is C23H21N5O4S2. The molecule has 2 N–H and O–H groups in total. The Labute approximate surface area is 200 Å². The molecule has 0 saturated heterocycles. The fraction of sp³-hybridized carbons (Fsp3) is 0.130. The number of thioether (sulfide) groups is 1. The molecule has 4 rings (SSSR count). The zero-order valence-electron chi connectivity index (χ0n) is 18.1. The molecule has 1 amide bonds. The summed E-state index contributed by atoms with van der Waals surface area (Å²) in [6.45, 7) is 0. The second-order valence-corrected chi connectivity index (χ2v) is 10.0. The standard InChI is InChI=1S/C23H21N5O4S2/c1-28-22(30)18-6-2-3-7-19(18)26-23(28)33-15-13-21(29)25-16-9-11-17(12-10-16)34(31,32)27-20-8-4-5-14-24-20/h2-12,14H,13,15H2,1H3,(H,24,27)(H,25,29). The van der Waals surface area contributed by atoms with Crippen molar-refractivity contribution in [3.63, 3.8) is 0 Å². The van der Waals surface area contributed by atoms with Gasteiger partial charge in [-0.15, -0.1) is 0 Å². The van der Waals surface area contributed by atoms with Crippen molar-refractivity contribution in [3.8, 4) is 0 Å². The predicted molar refractivity (Wildman–Crippen MR) is 132 cm³/mol. The van der Waals surface area contributed by atoms with Crippen LogP contribution in [0.2, 0.25) is 0 Å². The number of carbonyl (C=O) groups excluding carboxylic acids is 1. The van der Waals surface area contributed by atoms with Crippen LogP contribution in [0.25, 0.3) is 10.9 Å². The van der Waals surface area contributed by atoms with Gasteiger partial charge in [-0.2, -0.15) is 0 Å². The third kappa shape index (κ3) is 5.43. The molecule has 0 aliphatic carbocycles. The molecule has 0 saturated carbocycles. The van der Waals surface area contributed by atoms with Crippen molar-refractivity contribution >= 4 is 50.1 Å². The summed E-state index contributed by atoms with van der Waals surface area (Å²) >= 11 is 1.32. The molecule has 11 heteroatoms. The normalized spacial score (nSPS) is 11.3. The second kappa shape index (κ2) is 10.1. The minimum Gasteiger partial charge on any atom is -0.326 e. The van der Waals surface area contributed by atoms with Crippen LogP contribution in [-0.4, -0.2) is 34.6 Å². The van der Waals surface area contributed by atoms with Crippen LogP contribution >= 0.6 is 11.8 Å². The molecule has 0 atom stereocenters. The number of benzene rings is 2. The summed E-state index contributed by atoms with van der Waals surface area (Å²) in [5.74, 6) is 0.404. The molecule has 174 valence electrons. The minimum atomic E-state index is -3.79. The molecule has 2 aromatic carbocycles. The Morgan fingerprint density at radius 2 is 1.76 bits per heavy atom. The average Bonchev–Trinajstić information content (AvgIpc) is 2.83. The number of sulfonamides is 1. The number of rotatable bonds is 8. The predicted octanol–water partition coefficient (Wildman–Crippen LogP) is 3.25. The molecule has 0 radical (unpaired) electrons. The van der Waals surface area contributed by atoms with Gasteiger partial charge in [0.2, 0.25) is 5.91 Å². The van der Waals surface area contributed by atoms with Crippen molar-refractivity contribution in [3.05, 3.63) is 83.3 Å². The van der Waals surface area contributed by atoms with E-state index in [4.69, 9.17) is 0 Å². The molecule has 0 fully saturated rings. The van der Waals surface area contributed by atoms with E-state index in [0.717, 1.165) is 0 Å². The molecule has 0 spiro atoms. The van der Waals surface area contributed by atoms with Crippen LogP contribution in [0, 0.1) is 0 Å². The van der Waals surface area contributed by atoms with Gasteiger partial charge in [0.05, 0.1) is 15.8 Å². The van der Waals surface area contributed by atoms with Crippen molar-refractivity contribution in [2.45, 2.75) is 16.5 Å². The van der Waals surface area contributed by atoms with Gasteiger partial charge in [-0.1, -0.05) is 30.0 Å². The molecule has 9 nitrogen and oxygen atoms in total. The Morgan fingerprint density at radius 3 is 2.50 bits per heavy atom. The maximum Gasteiger partial charge on any atom is 0.263 e. The van der Waals surface area contributed by atoms with Crippen LogP contribution in [0.4, 0.5) is 11.5 Å². The number of para-hydroxylation sites is 1. The smallest absolute Gasteiger partial charge is 0.263 e. The zero-order chi connectivity index (χ0) is 24.1. The highest BCUT2D eigenvalue weighted by Gasteiger charge is 2.15. The first kappa shape index (κ1) is 23.5. The number of anilines is 2. The van der Waals surface area contributed by atoms with E-state index < -0.39 is 10.0 Å². The van der Waals surface area contributed by atoms with Crippen LogP contribution in [0.5, 0.6) is 0 Å². The molecule has 0 aliphatic rings. The van der Waals surface area contributed by atoms with E-state index in [1.807, 2.05) is 6.07 Å². The first-order valence-electron chi connectivity index (χ1n) is 10.3. The van der Waals surface area contributed by atoms with Crippen molar-refractivity contribution < 1.29 is 13.2 Å². The Bertz CT molecular complexity index is 1490. The number of pyridine rings is 1. The number of nitrogens with zero attached hydrogens (tertiary/aromatic N) is 3. The topological polar surface area (TPSA) is 123 Å². The third-order valence-corrected chi connectivity index (χ3v) is 7.26. The van der Waals surface area contributed by atoms with Crippen LogP contribution in [0.3, 0.4) is 0 Å². The summed E-state index contributed by atoms with van der Waals surface area (Å²) < 4.78 is 28.8. The van der Waals surface area contributed by atoms with Crippen LogP contribution in [0.1, 0.15) is 6.42 Å². The Morgan fingerprint density at radius 1 is 1.03 bits per heavy atom. The van der Waals surface area contributed by atoms with E-state index in [1.165, 1.54) is 46.8 Å². The van der Waals surface area contributed by atoms with Gasteiger partial charge in [-0.3, -0.25) is 18.9 Å². The van der Waals surface area contributed by atoms with E-state index in [-0.39, 0.29) is 28.6 Å². The second-order valence-electron chi connectivity index (χ2n) is 7.27. The van der Waals surface area contributed by atoms with E-state index in [0.29, 0.717) is 27.5 Å². The van der Waals surface area contributed by atoms with Gasteiger partial charge >= 0.3 is 0 Å². The summed E-state index contributed by atoms with van der Waals surface area (Å²) in [7, 11) is -2.13. The molecule has 2 heterocycles. The summed E-state index contributed by atoms with van der Waals surface area (Å²) in [5, 5.41) is 3.83. The lowest BCUT2D eigenvalue weighted by Crippen LogP contribution is -2.20. The van der Waals surface area contributed by atoms with Gasteiger partial charge in [0.25, 0.3) is 15.6 Å². The first-order chi connectivity index (χ1) is 16.3. The zero-order valence-corrected chi connectivity index (χ0v) is 19.8. The van der Waals surface area contributed by atoms with Crippen molar-refractivity contribution in [2.75, 3.05) is 15.8 Å². The fourth-order valence-electron chi connectivity index (χ4n) is 3.12. The van der Waals surface area contributed by atoms with Crippen LogP contribution < -0.4 is 15.6 Å². The quantitative estimate of drug-likeness (QED) is 0.284. The van der Waals surface area contributed by atoms with Gasteiger partial charge in [-0.25, -0.2) is 18.4 Å². The van der Waals surface area contributed by atoms with Crippen molar-refractivity contribution in [1.29, 1.82) is 0 Å². The first-order valence-corrected chi connectivity index (χ1v) is 12.7. The Kier molecular flexibility index (Phi) is 6.94. The van der Waals surface area contributed by atoms with Gasteiger partial charge in [0, 0.05) is 31.1 Å². The van der Waals surface area contributed by atoms with Crippen LogP contribution in [-0.2, 0) is 21.9 Å². The molecule has 34 heavy (non-hydrogen) atoms. The number of fused-ring (bicyclic) bond motifs is 1. The number of nitrogens with one attached hydrogen (secondary N) is 2. The average molecular weight is 496 g/mol.